The molecular weight excluding hydrogens is 491 g/mol. The van der Waals surface area contributed by atoms with Crippen molar-refractivity contribution in [1.29, 1.82) is 0 Å². The fourth-order valence-electron chi connectivity index (χ4n) is 4.50. The van der Waals surface area contributed by atoms with E-state index >= 15 is 0 Å². The van der Waals surface area contributed by atoms with Crippen LogP contribution in [0.4, 0.5) is 4.39 Å². The first-order valence-electron chi connectivity index (χ1n) is 11.8. The Morgan fingerprint density at radius 2 is 2.00 bits per heavy atom. The van der Waals surface area contributed by atoms with Crippen molar-refractivity contribution in [2.75, 3.05) is 7.05 Å². The van der Waals surface area contributed by atoms with Crippen molar-refractivity contribution < 1.29 is 19.4 Å². The van der Waals surface area contributed by atoms with Gasteiger partial charge in [-0.15, -0.1) is 11.3 Å². The van der Waals surface area contributed by atoms with Gasteiger partial charge in [0.15, 0.2) is 0 Å². The number of carbonyl (C=O) groups is 1. The third-order valence-electron chi connectivity index (χ3n) is 6.26. The number of rotatable bonds is 7. The van der Waals surface area contributed by atoms with Gasteiger partial charge in [-0.25, -0.2) is 9.40 Å². The Labute approximate surface area is 217 Å². The molecule has 1 atom stereocenters. The number of thiophene rings is 1. The Kier molecular flexibility index (Phi) is 7.09. The van der Waals surface area contributed by atoms with Gasteiger partial charge in [0.1, 0.15) is 11.6 Å². The third kappa shape index (κ3) is 4.89. The van der Waals surface area contributed by atoms with E-state index in [1.165, 1.54) is 34.5 Å². The molecule has 3 N–H and O–H groups in total. The standard InChI is InChI=1S/C28H25FN4O3S/c1-30-14-18-5-2-3-6-20(18)25-9-10-26(37-25)28(36)33-23(27-21(29)7-4-8-24(27)35)12-22(32-33)19-11-17(16-34)13-31-15-19/h2-11,13,15,23,30,34-35H,12,14,16H2,1H3. The molecule has 0 aliphatic carbocycles. The van der Waals surface area contributed by atoms with Crippen molar-refractivity contribution >= 4 is 23.0 Å². The van der Waals surface area contributed by atoms with Gasteiger partial charge in [0, 0.05) is 35.8 Å². The summed E-state index contributed by atoms with van der Waals surface area (Å²) in [6.45, 7) is 0.494. The highest BCUT2D eigenvalue weighted by atomic mass is 32.1. The minimum Gasteiger partial charge on any atom is -0.507 e. The van der Waals surface area contributed by atoms with Crippen LogP contribution < -0.4 is 5.32 Å². The molecule has 3 heterocycles. The summed E-state index contributed by atoms with van der Waals surface area (Å²) in [5, 5.41) is 29.0. The molecule has 0 spiro atoms. The highest BCUT2D eigenvalue weighted by Gasteiger charge is 2.37. The molecule has 1 aliphatic heterocycles. The van der Waals surface area contributed by atoms with E-state index in [2.05, 4.69) is 15.4 Å². The highest BCUT2D eigenvalue weighted by Crippen LogP contribution is 2.40. The number of carbonyl (C=O) groups excluding carboxylic acids is 1. The van der Waals surface area contributed by atoms with Crippen LogP contribution in [0.2, 0.25) is 0 Å². The molecule has 0 radical (unpaired) electrons. The number of pyridine rings is 1. The van der Waals surface area contributed by atoms with Crippen molar-refractivity contribution in [3.05, 3.63) is 106 Å². The van der Waals surface area contributed by atoms with Crippen LogP contribution in [0.15, 0.2) is 78.2 Å². The van der Waals surface area contributed by atoms with Gasteiger partial charge in [-0.1, -0.05) is 30.3 Å². The van der Waals surface area contributed by atoms with E-state index in [9.17, 15) is 19.4 Å². The van der Waals surface area contributed by atoms with E-state index in [1.54, 1.807) is 24.5 Å². The average molecular weight is 517 g/mol. The van der Waals surface area contributed by atoms with Crippen LogP contribution in [0.3, 0.4) is 0 Å². The fraction of sp³-hybridized carbons (Fsp3) is 0.179. The van der Waals surface area contributed by atoms with Gasteiger partial charge in [0.25, 0.3) is 5.91 Å². The van der Waals surface area contributed by atoms with E-state index in [1.807, 2.05) is 37.4 Å². The Balaban J connectivity index is 1.54. The number of benzene rings is 2. The normalized spacial score (nSPS) is 15.2. The zero-order valence-corrected chi connectivity index (χ0v) is 20.9. The summed E-state index contributed by atoms with van der Waals surface area (Å²) >= 11 is 1.34. The summed E-state index contributed by atoms with van der Waals surface area (Å²) in [6.07, 6.45) is 3.31. The molecule has 7 nitrogen and oxygen atoms in total. The molecule has 9 heteroatoms. The van der Waals surface area contributed by atoms with Gasteiger partial charge in [-0.05, 0) is 54.1 Å². The molecule has 2 aromatic carbocycles. The van der Waals surface area contributed by atoms with Gasteiger partial charge in [-0.3, -0.25) is 9.78 Å². The molecular formula is C28H25FN4O3S. The molecule has 0 saturated heterocycles. The Hall–Kier alpha value is -3.92. The lowest BCUT2D eigenvalue weighted by molar-refractivity contribution is 0.0712. The predicted octanol–water partition coefficient (Wildman–Crippen LogP) is 4.86. The van der Waals surface area contributed by atoms with Gasteiger partial charge in [0.2, 0.25) is 0 Å². The predicted molar refractivity (Wildman–Crippen MR) is 141 cm³/mol. The smallest absolute Gasteiger partial charge is 0.284 e. The zero-order chi connectivity index (χ0) is 25.9. The number of amides is 1. The van der Waals surface area contributed by atoms with Crippen molar-refractivity contribution in [2.24, 2.45) is 5.10 Å². The zero-order valence-electron chi connectivity index (χ0n) is 20.1. The number of phenolic OH excluding ortho intramolecular Hbond substituents is 1. The van der Waals surface area contributed by atoms with Gasteiger partial charge in [0.05, 0.1) is 28.8 Å². The fourth-order valence-corrected chi connectivity index (χ4v) is 5.50. The summed E-state index contributed by atoms with van der Waals surface area (Å²) in [5.41, 5.74) is 3.88. The van der Waals surface area contributed by atoms with Crippen LogP contribution >= 0.6 is 11.3 Å². The maximum absolute atomic E-state index is 14.9. The topological polar surface area (TPSA) is 98.1 Å². The average Bonchev–Trinajstić information content (AvgIpc) is 3.57. The number of halogens is 1. The second-order valence-electron chi connectivity index (χ2n) is 8.68. The molecule has 1 aliphatic rings. The molecule has 0 bridgehead atoms. The van der Waals surface area contributed by atoms with E-state index in [-0.39, 0.29) is 24.3 Å². The third-order valence-corrected chi connectivity index (χ3v) is 7.37. The summed E-state index contributed by atoms with van der Waals surface area (Å²) in [4.78, 5) is 19.3. The number of hydrogen-bond donors (Lipinski definition) is 3. The Morgan fingerprint density at radius 3 is 2.78 bits per heavy atom. The number of aliphatic hydroxyl groups excluding tert-OH is 1. The summed E-state index contributed by atoms with van der Waals surface area (Å²) < 4.78 is 14.9. The first-order valence-corrected chi connectivity index (χ1v) is 12.6. The van der Waals surface area contributed by atoms with E-state index in [4.69, 9.17) is 0 Å². The summed E-state index contributed by atoms with van der Waals surface area (Å²) in [7, 11) is 1.88. The van der Waals surface area contributed by atoms with E-state index in [0.29, 0.717) is 28.3 Å². The van der Waals surface area contributed by atoms with E-state index < -0.39 is 17.8 Å². The van der Waals surface area contributed by atoms with Crippen LogP contribution in [0.1, 0.15) is 44.4 Å². The lowest BCUT2D eigenvalue weighted by Crippen LogP contribution is -2.27. The van der Waals surface area contributed by atoms with E-state index in [0.717, 1.165) is 16.0 Å². The van der Waals surface area contributed by atoms with Gasteiger partial charge < -0.3 is 15.5 Å². The van der Waals surface area contributed by atoms with Crippen LogP contribution in [-0.4, -0.2) is 38.9 Å². The van der Waals surface area contributed by atoms with Crippen LogP contribution in [0.5, 0.6) is 5.75 Å². The summed E-state index contributed by atoms with van der Waals surface area (Å²) in [5.74, 6) is -1.25. The highest BCUT2D eigenvalue weighted by molar-refractivity contribution is 7.17. The number of aromatic hydroxyl groups is 1. The van der Waals surface area contributed by atoms with Crippen molar-refractivity contribution in [1.82, 2.24) is 15.3 Å². The second kappa shape index (κ2) is 10.6. The first kappa shape index (κ1) is 24.8. The number of hydrazone groups is 1. The van der Waals surface area contributed by atoms with Crippen LogP contribution in [0.25, 0.3) is 10.4 Å². The lowest BCUT2D eigenvalue weighted by Gasteiger charge is -2.22. The molecule has 1 unspecified atom stereocenters. The monoisotopic (exact) mass is 516 g/mol. The maximum Gasteiger partial charge on any atom is 0.284 e. The molecule has 2 aromatic heterocycles. The molecule has 188 valence electrons. The molecule has 1 amide bonds. The Morgan fingerprint density at radius 1 is 1.16 bits per heavy atom. The number of phenols is 1. The first-order chi connectivity index (χ1) is 18.0. The van der Waals surface area contributed by atoms with Gasteiger partial charge >= 0.3 is 0 Å². The molecule has 37 heavy (non-hydrogen) atoms. The summed E-state index contributed by atoms with van der Waals surface area (Å²) in [6, 6.07) is 16.6. The second-order valence-corrected chi connectivity index (χ2v) is 9.76. The molecule has 0 saturated carbocycles. The number of aliphatic hydroxyl groups is 1. The van der Waals surface area contributed by atoms with Crippen molar-refractivity contribution in [3.8, 4) is 16.2 Å². The molecule has 4 aromatic rings. The quantitative estimate of drug-likeness (QED) is 0.326. The van der Waals surface area contributed by atoms with Crippen molar-refractivity contribution in [3.63, 3.8) is 0 Å². The van der Waals surface area contributed by atoms with Crippen LogP contribution in [-0.2, 0) is 13.2 Å². The van der Waals surface area contributed by atoms with Gasteiger partial charge in [-0.2, -0.15) is 5.10 Å². The number of nitrogens with zero attached hydrogens (tertiary/aromatic N) is 3. The minimum absolute atomic E-state index is 0.0111. The SMILES string of the molecule is CNCc1ccccc1-c1ccc(C(=O)N2N=C(c3cncc(CO)c3)CC2c2c(O)cccc2F)s1. The molecule has 0 fully saturated rings. The Bertz CT molecular complexity index is 1470. The number of nitrogens with one attached hydrogen (secondary N) is 1. The maximum atomic E-state index is 14.9. The number of aromatic nitrogens is 1. The minimum atomic E-state index is -0.844. The van der Waals surface area contributed by atoms with Crippen molar-refractivity contribution in [2.45, 2.75) is 25.6 Å². The van der Waals surface area contributed by atoms with Crippen LogP contribution in [0, 0.1) is 5.82 Å². The lowest BCUT2D eigenvalue weighted by atomic mass is 9.97. The molecule has 5 rings (SSSR count). The largest absolute Gasteiger partial charge is 0.507 e. The number of hydrogen-bond acceptors (Lipinski definition) is 7.